The van der Waals surface area contributed by atoms with Crippen molar-refractivity contribution in [2.45, 2.75) is 50.9 Å². The average Bonchev–Trinajstić information content (AvgIpc) is 3.23. The molecule has 0 spiro atoms. The Kier molecular flexibility index (Phi) is 8.22. The van der Waals surface area contributed by atoms with Crippen LogP contribution in [-0.2, 0) is 20.7 Å². The molecular weight excluding hydrogens is 482 g/mol. The summed E-state index contributed by atoms with van der Waals surface area (Å²) in [4.78, 5) is 15.8. The molecule has 0 bridgehead atoms. The summed E-state index contributed by atoms with van der Waals surface area (Å²) >= 11 is 0. The number of Topliss-reactive ketones (excluding diaryl/α,β-unsaturated/α-hetero) is 1. The zero-order valence-electron chi connectivity index (χ0n) is 22.1. The van der Waals surface area contributed by atoms with E-state index in [4.69, 9.17) is 19.7 Å². The van der Waals surface area contributed by atoms with Gasteiger partial charge in [-0.05, 0) is 95.8 Å². The Morgan fingerprint density at radius 1 is 1.03 bits per heavy atom. The Morgan fingerprint density at radius 2 is 1.79 bits per heavy atom. The number of phenolic OH excluding ortho intramolecular Hbond substituents is 1. The number of hydrogen-bond donors (Lipinski definition) is 1. The molecule has 3 aliphatic rings. The molecule has 8 nitrogen and oxygen atoms in total. The topological polar surface area (TPSA) is 114 Å². The number of nitrogens with zero attached hydrogens (tertiary/aromatic N) is 3. The molecule has 3 aliphatic carbocycles. The quantitative estimate of drug-likeness (QED) is 0.171. The summed E-state index contributed by atoms with van der Waals surface area (Å²) < 4.78 is 16.7. The lowest BCUT2D eigenvalue weighted by Gasteiger charge is -2.52. The molecule has 0 heterocycles. The van der Waals surface area contributed by atoms with Gasteiger partial charge in [0.25, 0.3) is 0 Å². The molecule has 38 heavy (non-hydrogen) atoms. The lowest BCUT2D eigenvalue weighted by Crippen LogP contribution is -2.45. The maximum atomic E-state index is 13.1. The van der Waals surface area contributed by atoms with E-state index in [0.717, 1.165) is 31.4 Å². The predicted molar refractivity (Wildman–Crippen MR) is 143 cm³/mol. The molecule has 5 atom stereocenters. The minimum absolute atomic E-state index is 0.251. The van der Waals surface area contributed by atoms with Crippen LogP contribution in [0.3, 0.4) is 0 Å². The minimum Gasteiger partial charge on any atom is -0.508 e. The summed E-state index contributed by atoms with van der Waals surface area (Å²) in [6, 6.07) is 14.2. The van der Waals surface area contributed by atoms with Crippen LogP contribution < -0.4 is 4.74 Å². The molecule has 5 rings (SSSR count). The van der Waals surface area contributed by atoms with Crippen molar-refractivity contribution in [2.24, 2.45) is 22.4 Å². The van der Waals surface area contributed by atoms with Gasteiger partial charge in [0.15, 0.2) is 0 Å². The van der Waals surface area contributed by atoms with Crippen molar-refractivity contribution in [1.82, 2.24) is 0 Å². The van der Waals surface area contributed by atoms with E-state index < -0.39 is 0 Å². The summed E-state index contributed by atoms with van der Waals surface area (Å²) in [6.07, 6.45) is 4.63. The van der Waals surface area contributed by atoms with Gasteiger partial charge in [-0.25, -0.2) is 0 Å². The number of ether oxygens (including phenoxy) is 3. The van der Waals surface area contributed by atoms with Crippen LogP contribution in [0.5, 0.6) is 11.5 Å². The van der Waals surface area contributed by atoms with Crippen molar-refractivity contribution >= 4 is 5.78 Å². The SMILES string of the molecule is C[C@]12C[C@H](c3ccc(OCCOCCOCCN=[N+]=[N-])cc3)[C@@H]3c4ccc(O)cc4CC[C@H]3[C@@H]1CCC2=O. The standard InChI is InChI=1S/C30H37N3O5/c1-30-19-26(20-2-6-23(7-3-20)38-17-16-37-15-14-36-13-12-32-33-31)29-24-9-5-22(34)18-21(24)4-8-25(29)27(30)10-11-28(30)35/h2-3,5-7,9,18,25-27,29,34H,4,8,10-17,19H2,1H3/t25-,26+,27-,29+,30-/m0/s1. The van der Waals surface area contributed by atoms with Crippen LogP contribution in [0.2, 0.25) is 0 Å². The summed E-state index contributed by atoms with van der Waals surface area (Å²) in [6.45, 7) is 4.73. The first-order valence-corrected chi connectivity index (χ1v) is 13.8. The highest BCUT2D eigenvalue weighted by Gasteiger charge is 2.57. The number of aryl methyl sites for hydroxylation is 1. The van der Waals surface area contributed by atoms with E-state index in [1.165, 1.54) is 16.7 Å². The van der Waals surface area contributed by atoms with Crippen LogP contribution >= 0.6 is 0 Å². The Hall–Kier alpha value is -3.06. The van der Waals surface area contributed by atoms with E-state index in [1.54, 1.807) is 0 Å². The van der Waals surface area contributed by atoms with Gasteiger partial charge in [0.1, 0.15) is 23.9 Å². The molecule has 0 aromatic heterocycles. The Labute approximate surface area is 223 Å². The van der Waals surface area contributed by atoms with E-state index in [-0.39, 0.29) is 11.3 Å². The van der Waals surface area contributed by atoms with E-state index in [1.807, 2.05) is 24.3 Å². The van der Waals surface area contributed by atoms with Crippen molar-refractivity contribution in [3.8, 4) is 11.5 Å². The molecule has 8 heteroatoms. The fourth-order valence-electron chi connectivity index (χ4n) is 7.29. The number of fused-ring (bicyclic) bond motifs is 5. The van der Waals surface area contributed by atoms with Crippen molar-refractivity contribution < 1.29 is 24.1 Å². The van der Waals surface area contributed by atoms with Gasteiger partial charge in [-0.1, -0.05) is 30.2 Å². The molecule has 1 N–H and O–H groups in total. The smallest absolute Gasteiger partial charge is 0.139 e. The lowest BCUT2D eigenvalue weighted by atomic mass is 9.51. The van der Waals surface area contributed by atoms with Crippen molar-refractivity contribution in [3.63, 3.8) is 0 Å². The van der Waals surface area contributed by atoms with Gasteiger partial charge in [0.2, 0.25) is 0 Å². The molecule has 0 unspecified atom stereocenters. The molecule has 0 saturated heterocycles. The number of benzene rings is 2. The monoisotopic (exact) mass is 519 g/mol. The number of phenols is 1. The number of ketones is 1. The van der Waals surface area contributed by atoms with Crippen molar-refractivity contribution in [2.75, 3.05) is 39.6 Å². The van der Waals surface area contributed by atoms with E-state index >= 15 is 0 Å². The number of azide groups is 1. The van der Waals surface area contributed by atoms with Crippen LogP contribution in [0, 0.1) is 17.3 Å². The van der Waals surface area contributed by atoms with Gasteiger partial charge >= 0.3 is 0 Å². The summed E-state index contributed by atoms with van der Waals surface area (Å²) in [5.41, 5.74) is 11.8. The zero-order valence-corrected chi connectivity index (χ0v) is 22.1. The van der Waals surface area contributed by atoms with Gasteiger partial charge < -0.3 is 19.3 Å². The van der Waals surface area contributed by atoms with Gasteiger partial charge in [-0.2, -0.15) is 0 Å². The predicted octanol–water partition coefficient (Wildman–Crippen LogP) is 5.93. The second-order valence-electron chi connectivity index (χ2n) is 11.0. The summed E-state index contributed by atoms with van der Waals surface area (Å²) in [5.74, 6) is 3.10. The Balaban J connectivity index is 1.23. The van der Waals surface area contributed by atoms with Gasteiger partial charge in [0.05, 0.1) is 26.4 Å². The maximum absolute atomic E-state index is 13.1. The fraction of sp³-hybridized carbons (Fsp3) is 0.567. The molecular formula is C30H37N3O5. The zero-order chi connectivity index (χ0) is 26.5. The highest BCUT2D eigenvalue weighted by atomic mass is 16.5. The summed E-state index contributed by atoms with van der Waals surface area (Å²) in [5, 5.41) is 13.5. The number of carbonyl (C=O) groups excluding carboxylic acids is 1. The number of hydrogen-bond acceptors (Lipinski definition) is 6. The first kappa shape index (κ1) is 26.5. The highest BCUT2D eigenvalue weighted by molar-refractivity contribution is 5.87. The van der Waals surface area contributed by atoms with Gasteiger partial charge in [-0.3, -0.25) is 4.79 Å². The average molecular weight is 520 g/mol. The highest BCUT2D eigenvalue weighted by Crippen LogP contribution is 2.64. The van der Waals surface area contributed by atoms with Crippen molar-refractivity contribution in [3.05, 3.63) is 69.6 Å². The molecule has 0 amide bonds. The van der Waals surface area contributed by atoms with Crippen LogP contribution in [-0.4, -0.2) is 50.5 Å². The van der Waals surface area contributed by atoms with Crippen LogP contribution in [0.25, 0.3) is 10.4 Å². The minimum atomic E-state index is -0.251. The lowest BCUT2D eigenvalue weighted by molar-refractivity contribution is -0.130. The van der Waals surface area contributed by atoms with Crippen LogP contribution in [0.4, 0.5) is 0 Å². The molecule has 2 fully saturated rings. The van der Waals surface area contributed by atoms with E-state index in [2.05, 4.69) is 35.1 Å². The molecule has 2 aromatic carbocycles. The van der Waals surface area contributed by atoms with E-state index in [9.17, 15) is 9.90 Å². The van der Waals surface area contributed by atoms with Crippen molar-refractivity contribution in [1.29, 1.82) is 0 Å². The Bertz CT molecular complexity index is 1180. The van der Waals surface area contributed by atoms with E-state index in [0.29, 0.717) is 75.3 Å². The third-order valence-corrected chi connectivity index (χ3v) is 9.00. The molecule has 202 valence electrons. The Morgan fingerprint density at radius 3 is 2.58 bits per heavy atom. The number of rotatable bonds is 11. The van der Waals surface area contributed by atoms with Gasteiger partial charge in [-0.15, -0.1) is 0 Å². The molecule has 0 radical (unpaired) electrons. The number of carbonyl (C=O) groups is 1. The molecule has 2 saturated carbocycles. The number of aromatic hydroxyl groups is 1. The second kappa shape index (κ2) is 11.8. The maximum Gasteiger partial charge on any atom is 0.139 e. The van der Waals surface area contributed by atoms with Crippen LogP contribution in [0.1, 0.15) is 61.1 Å². The van der Waals surface area contributed by atoms with Crippen LogP contribution in [0.15, 0.2) is 47.6 Å². The first-order valence-electron chi connectivity index (χ1n) is 13.8. The normalized spacial score (nSPS) is 27.7. The second-order valence-corrected chi connectivity index (χ2v) is 11.0. The molecule has 2 aromatic rings. The first-order chi connectivity index (χ1) is 18.5. The third kappa shape index (κ3) is 5.39. The summed E-state index contributed by atoms with van der Waals surface area (Å²) in [7, 11) is 0. The van der Waals surface area contributed by atoms with Gasteiger partial charge in [0, 0.05) is 23.3 Å². The third-order valence-electron chi connectivity index (χ3n) is 9.00. The largest absolute Gasteiger partial charge is 0.508 e. The molecule has 0 aliphatic heterocycles. The fourth-order valence-corrected chi connectivity index (χ4v) is 7.29.